The van der Waals surface area contributed by atoms with E-state index in [1.165, 1.54) is 30.4 Å². The molecule has 10 heteroatoms. The Morgan fingerprint density at radius 1 is 1.33 bits per heavy atom. The number of aliphatic hydroxyl groups excluding tert-OH is 1. The van der Waals surface area contributed by atoms with Crippen LogP contribution in [0.2, 0.25) is 0 Å². The van der Waals surface area contributed by atoms with Gasteiger partial charge in [-0.3, -0.25) is 9.20 Å². The molecule has 0 radical (unpaired) electrons. The second kappa shape index (κ2) is 9.21. The van der Waals surface area contributed by atoms with Crippen molar-refractivity contribution in [2.24, 2.45) is 5.92 Å². The summed E-state index contributed by atoms with van der Waals surface area (Å²) in [6, 6.07) is 2.62. The van der Waals surface area contributed by atoms with Gasteiger partial charge in [-0.25, -0.2) is 13.8 Å². The molecule has 2 aromatic heterocycles. The number of nitrogens with zero attached hydrogens (tertiary/aromatic N) is 2. The SMILES string of the molecule is [2H]C([2H])([2H])OC(C)(C)CNC(=O)c1cc(CO)n2c(CC3CCC(F)(F)CC3)c(C(C)(F)F)nc2c1. The summed E-state index contributed by atoms with van der Waals surface area (Å²) in [5.74, 6) is -6.99. The minimum atomic E-state index is -3.34. The lowest BCUT2D eigenvalue weighted by molar-refractivity contribution is -0.0460. The molecule has 0 aliphatic heterocycles. The second-order valence-electron chi connectivity index (χ2n) is 9.43. The van der Waals surface area contributed by atoms with Gasteiger partial charge < -0.3 is 15.2 Å². The lowest BCUT2D eigenvalue weighted by atomic mass is 9.83. The number of hydrogen-bond donors (Lipinski definition) is 2. The number of ether oxygens (including phenoxy) is 1. The number of carbonyl (C=O) groups is 1. The quantitative estimate of drug-likeness (QED) is 0.552. The van der Waals surface area contributed by atoms with Crippen molar-refractivity contribution in [1.29, 1.82) is 0 Å². The molecular formula is C23H31F4N3O3. The Bertz CT molecular complexity index is 1100. The van der Waals surface area contributed by atoms with E-state index in [1.807, 2.05) is 0 Å². The Labute approximate surface area is 194 Å². The second-order valence-corrected chi connectivity index (χ2v) is 9.43. The van der Waals surface area contributed by atoms with Crippen LogP contribution in [0.5, 0.6) is 0 Å². The molecule has 2 N–H and O–H groups in total. The predicted octanol–water partition coefficient (Wildman–Crippen LogP) is 4.46. The molecular weight excluding hydrogens is 442 g/mol. The molecule has 1 amide bonds. The summed E-state index contributed by atoms with van der Waals surface area (Å²) in [6.07, 6.45) is -0.193. The number of aliphatic hydroxyl groups is 1. The van der Waals surface area contributed by atoms with E-state index >= 15 is 0 Å². The fourth-order valence-corrected chi connectivity index (χ4v) is 4.11. The van der Waals surface area contributed by atoms with Crippen molar-refractivity contribution >= 4 is 11.6 Å². The van der Waals surface area contributed by atoms with E-state index in [0.717, 1.165) is 0 Å². The fourth-order valence-electron chi connectivity index (χ4n) is 4.11. The Kier molecular flexibility index (Phi) is 5.96. The van der Waals surface area contributed by atoms with Crippen molar-refractivity contribution < 1.29 is 36.3 Å². The van der Waals surface area contributed by atoms with Gasteiger partial charge in [-0.15, -0.1) is 0 Å². The molecule has 2 aromatic rings. The summed E-state index contributed by atoms with van der Waals surface area (Å²) >= 11 is 0. The lowest BCUT2D eigenvalue weighted by Crippen LogP contribution is -2.39. The summed E-state index contributed by atoms with van der Waals surface area (Å²) < 4.78 is 84.2. The lowest BCUT2D eigenvalue weighted by Gasteiger charge is -2.28. The van der Waals surface area contributed by atoms with Crippen molar-refractivity contribution in [2.75, 3.05) is 13.6 Å². The van der Waals surface area contributed by atoms with E-state index in [0.29, 0.717) is 6.92 Å². The number of amides is 1. The molecule has 0 unspecified atom stereocenters. The van der Waals surface area contributed by atoms with Crippen LogP contribution in [0.4, 0.5) is 17.6 Å². The van der Waals surface area contributed by atoms with Crippen LogP contribution in [0.15, 0.2) is 12.1 Å². The first-order valence-corrected chi connectivity index (χ1v) is 10.8. The third kappa shape index (κ3) is 5.84. The number of halogens is 4. The van der Waals surface area contributed by atoms with Gasteiger partial charge in [0.15, 0.2) is 0 Å². The van der Waals surface area contributed by atoms with Crippen LogP contribution in [-0.4, -0.2) is 45.5 Å². The van der Waals surface area contributed by atoms with E-state index in [-0.39, 0.29) is 67.2 Å². The molecule has 2 heterocycles. The Hall–Kier alpha value is -2.20. The normalized spacial score (nSPS) is 19.2. The van der Waals surface area contributed by atoms with E-state index < -0.39 is 42.7 Å². The maximum absolute atomic E-state index is 14.5. The van der Waals surface area contributed by atoms with Gasteiger partial charge >= 0.3 is 0 Å². The number of hydrogen-bond acceptors (Lipinski definition) is 4. The summed E-state index contributed by atoms with van der Waals surface area (Å²) in [4.78, 5) is 16.9. The summed E-state index contributed by atoms with van der Waals surface area (Å²) in [5.41, 5.74) is -1.46. The number of methoxy groups -OCH3 is 1. The molecule has 3 rings (SSSR count). The summed E-state index contributed by atoms with van der Waals surface area (Å²) in [6.45, 7) is 2.91. The Morgan fingerprint density at radius 2 is 2.00 bits per heavy atom. The van der Waals surface area contributed by atoms with Crippen LogP contribution in [0.3, 0.4) is 0 Å². The highest BCUT2D eigenvalue weighted by atomic mass is 19.3. The topological polar surface area (TPSA) is 75.9 Å². The average Bonchev–Trinajstić information content (AvgIpc) is 3.10. The zero-order chi connectivity index (χ0) is 27.1. The van der Waals surface area contributed by atoms with Crippen molar-refractivity contribution in [3.8, 4) is 0 Å². The third-order valence-corrected chi connectivity index (χ3v) is 6.00. The van der Waals surface area contributed by atoms with E-state index in [1.54, 1.807) is 0 Å². The smallest absolute Gasteiger partial charge is 0.288 e. The van der Waals surface area contributed by atoms with Crippen LogP contribution in [0.1, 0.15) is 78.0 Å². The van der Waals surface area contributed by atoms with Gasteiger partial charge in [0.25, 0.3) is 11.8 Å². The standard InChI is InChI=1S/C23H31F4N3O3/c1-21(2,33-4)13-28-20(32)15-10-16(12-31)30-17(9-14-5-7-23(26,27)8-6-14)19(22(3,24)25)29-18(30)11-15/h10-11,14,31H,5-9,12-13H2,1-4H3,(H,28,32)/i4D3. The van der Waals surface area contributed by atoms with Crippen LogP contribution >= 0.6 is 0 Å². The molecule has 1 fully saturated rings. The molecule has 6 nitrogen and oxygen atoms in total. The van der Waals surface area contributed by atoms with Gasteiger partial charge in [0.05, 0.1) is 27.7 Å². The van der Waals surface area contributed by atoms with Crippen LogP contribution in [-0.2, 0) is 23.7 Å². The van der Waals surface area contributed by atoms with Crippen molar-refractivity contribution in [2.45, 2.75) is 76.9 Å². The molecule has 0 spiro atoms. The first-order chi connectivity index (χ1) is 16.4. The zero-order valence-electron chi connectivity index (χ0n) is 21.9. The number of fused-ring (bicyclic) bond motifs is 1. The van der Waals surface area contributed by atoms with Crippen molar-refractivity contribution in [1.82, 2.24) is 14.7 Å². The van der Waals surface area contributed by atoms with Crippen molar-refractivity contribution in [3.05, 3.63) is 34.8 Å². The molecule has 1 aliphatic rings. The van der Waals surface area contributed by atoms with Gasteiger partial charge in [-0.2, -0.15) is 8.78 Å². The van der Waals surface area contributed by atoms with Crippen LogP contribution in [0.25, 0.3) is 5.65 Å². The number of alkyl halides is 4. The minimum Gasteiger partial charge on any atom is -0.390 e. The largest absolute Gasteiger partial charge is 0.390 e. The molecule has 0 bridgehead atoms. The first-order valence-electron chi connectivity index (χ1n) is 12.3. The number of nitrogens with one attached hydrogen (secondary N) is 1. The van der Waals surface area contributed by atoms with Gasteiger partial charge in [0.2, 0.25) is 5.92 Å². The highest BCUT2D eigenvalue weighted by Crippen LogP contribution is 2.39. The zero-order valence-corrected chi connectivity index (χ0v) is 18.9. The molecule has 33 heavy (non-hydrogen) atoms. The maximum atomic E-state index is 14.5. The van der Waals surface area contributed by atoms with E-state index in [9.17, 15) is 27.5 Å². The number of aromatic nitrogens is 2. The third-order valence-electron chi connectivity index (χ3n) is 6.00. The molecule has 0 saturated heterocycles. The predicted molar refractivity (Wildman–Crippen MR) is 115 cm³/mol. The van der Waals surface area contributed by atoms with E-state index in [2.05, 4.69) is 10.3 Å². The Balaban J connectivity index is 1.93. The number of rotatable bonds is 8. The summed E-state index contributed by atoms with van der Waals surface area (Å²) in [5, 5.41) is 12.5. The minimum absolute atomic E-state index is 0.0115. The molecule has 184 valence electrons. The highest BCUT2D eigenvalue weighted by Gasteiger charge is 2.38. The van der Waals surface area contributed by atoms with E-state index in [4.69, 9.17) is 8.85 Å². The van der Waals surface area contributed by atoms with Gasteiger partial charge in [0.1, 0.15) is 11.3 Å². The van der Waals surface area contributed by atoms with Gasteiger partial charge in [0, 0.05) is 38.9 Å². The molecule has 0 atom stereocenters. The number of imidazole rings is 1. The van der Waals surface area contributed by atoms with Crippen LogP contribution < -0.4 is 5.32 Å². The molecule has 1 saturated carbocycles. The summed E-state index contributed by atoms with van der Waals surface area (Å²) in [7, 11) is -2.67. The van der Waals surface area contributed by atoms with Gasteiger partial charge in [-0.05, 0) is 51.2 Å². The highest BCUT2D eigenvalue weighted by molar-refractivity contribution is 5.95. The number of pyridine rings is 1. The number of carbonyl (C=O) groups excluding carboxylic acids is 1. The van der Waals surface area contributed by atoms with Gasteiger partial charge in [-0.1, -0.05) is 0 Å². The maximum Gasteiger partial charge on any atom is 0.288 e. The average molecular weight is 477 g/mol. The Morgan fingerprint density at radius 3 is 2.58 bits per heavy atom. The van der Waals surface area contributed by atoms with Crippen LogP contribution in [0, 0.1) is 5.92 Å². The first kappa shape index (κ1) is 21.3. The van der Waals surface area contributed by atoms with Crippen molar-refractivity contribution in [3.63, 3.8) is 0 Å². The molecule has 1 aliphatic carbocycles. The monoisotopic (exact) mass is 476 g/mol. The molecule has 0 aromatic carbocycles. The fraction of sp³-hybridized carbons (Fsp3) is 0.652.